The number of hydrogen-bond acceptors (Lipinski definition) is 3. The van der Waals surface area contributed by atoms with Gasteiger partial charge in [0, 0.05) is 10.4 Å². The molecule has 0 fully saturated rings. The van der Waals surface area contributed by atoms with Crippen LogP contribution in [0.2, 0.25) is 0 Å². The molecule has 0 bridgehead atoms. The molecular weight excluding hydrogens is 292 g/mol. The summed E-state index contributed by atoms with van der Waals surface area (Å²) in [6.45, 7) is 2.56. The van der Waals surface area contributed by atoms with E-state index in [-0.39, 0.29) is 0 Å². The van der Waals surface area contributed by atoms with E-state index in [1.54, 1.807) is 17.4 Å². The molecule has 0 amide bonds. The summed E-state index contributed by atoms with van der Waals surface area (Å²) >= 11 is 1.67. The Hall–Kier alpha value is -2.39. The Kier molecular flexibility index (Phi) is 4.35. The summed E-state index contributed by atoms with van der Waals surface area (Å²) in [5, 5.41) is 2.10. The second-order valence-corrected chi connectivity index (χ2v) is 6.08. The van der Waals surface area contributed by atoms with Gasteiger partial charge in [0.2, 0.25) is 0 Å². The second-order valence-electron chi connectivity index (χ2n) is 5.17. The van der Waals surface area contributed by atoms with Crippen molar-refractivity contribution < 1.29 is 9.53 Å². The van der Waals surface area contributed by atoms with Crippen LogP contribution in [0.5, 0.6) is 5.75 Å². The lowest BCUT2D eigenvalue weighted by molar-refractivity contribution is 0.112. The van der Waals surface area contributed by atoms with Gasteiger partial charge in [0.05, 0.1) is 0 Å². The molecule has 0 aliphatic rings. The lowest BCUT2D eigenvalue weighted by Gasteiger charge is -2.09. The van der Waals surface area contributed by atoms with E-state index < -0.39 is 0 Å². The third-order valence-corrected chi connectivity index (χ3v) is 4.43. The number of benzene rings is 2. The highest BCUT2D eigenvalue weighted by atomic mass is 32.1. The topological polar surface area (TPSA) is 26.3 Å². The molecule has 0 saturated heterocycles. The summed E-state index contributed by atoms with van der Waals surface area (Å²) in [5.41, 5.74) is 3.98. The van der Waals surface area contributed by atoms with Crippen LogP contribution in [-0.2, 0) is 6.61 Å². The highest BCUT2D eigenvalue weighted by molar-refractivity contribution is 7.13. The molecule has 110 valence electrons. The molecule has 0 N–H and O–H groups in total. The molecule has 0 aliphatic heterocycles. The average Bonchev–Trinajstić information content (AvgIpc) is 3.00. The molecule has 22 heavy (non-hydrogen) atoms. The number of carbonyl (C=O) groups is 1. The summed E-state index contributed by atoms with van der Waals surface area (Å²) in [5.74, 6) is 0.717. The maximum Gasteiger partial charge on any atom is 0.150 e. The van der Waals surface area contributed by atoms with Gasteiger partial charge >= 0.3 is 0 Å². The summed E-state index contributed by atoms with van der Waals surface area (Å²) in [6.07, 6.45) is 0.860. The van der Waals surface area contributed by atoms with E-state index in [2.05, 4.69) is 18.4 Å². The van der Waals surface area contributed by atoms with Gasteiger partial charge in [-0.25, -0.2) is 0 Å². The Morgan fingerprint density at radius 1 is 1.09 bits per heavy atom. The van der Waals surface area contributed by atoms with Crippen LogP contribution in [0, 0.1) is 6.92 Å². The van der Waals surface area contributed by atoms with Gasteiger partial charge in [-0.1, -0.05) is 30.3 Å². The van der Waals surface area contributed by atoms with Crippen molar-refractivity contribution in [3.63, 3.8) is 0 Å². The number of aryl methyl sites for hydroxylation is 1. The summed E-state index contributed by atoms with van der Waals surface area (Å²) in [4.78, 5) is 12.3. The number of rotatable bonds is 5. The Balaban J connectivity index is 1.86. The molecule has 0 saturated carbocycles. The fourth-order valence-electron chi connectivity index (χ4n) is 2.24. The lowest BCUT2D eigenvalue weighted by atomic mass is 10.1. The average molecular weight is 308 g/mol. The SMILES string of the molecule is Cc1csc(-c2cc(C=O)cc(OCc3ccccc3)c2)c1. The van der Waals surface area contributed by atoms with Crippen LogP contribution in [0.4, 0.5) is 0 Å². The smallest absolute Gasteiger partial charge is 0.150 e. The molecule has 0 spiro atoms. The van der Waals surface area contributed by atoms with Crippen molar-refractivity contribution in [1.29, 1.82) is 0 Å². The van der Waals surface area contributed by atoms with Gasteiger partial charge in [0.15, 0.2) is 0 Å². The van der Waals surface area contributed by atoms with E-state index in [0.717, 1.165) is 28.0 Å². The van der Waals surface area contributed by atoms with Gasteiger partial charge in [-0.15, -0.1) is 11.3 Å². The first kappa shape index (κ1) is 14.5. The second kappa shape index (κ2) is 6.58. The highest BCUT2D eigenvalue weighted by Crippen LogP contribution is 2.31. The van der Waals surface area contributed by atoms with Crippen LogP contribution in [0.3, 0.4) is 0 Å². The monoisotopic (exact) mass is 308 g/mol. The number of carbonyl (C=O) groups excluding carboxylic acids is 1. The molecular formula is C19H16O2S. The minimum absolute atomic E-state index is 0.492. The van der Waals surface area contributed by atoms with Crippen LogP contribution in [0.15, 0.2) is 60.0 Å². The highest BCUT2D eigenvalue weighted by Gasteiger charge is 2.06. The molecule has 3 heteroatoms. The molecule has 0 radical (unpaired) electrons. The maximum absolute atomic E-state index is 11.2. The Bertz CT molecular complexity index is 775. The normalized spacial score (nSPS) is 10.4. The van der Waals surface area contributed by atoms with Crippen molar-refractivity contribution in [2.24, 2.45) is 0 Å². The van der Waals surface area contributed by atoms with Crippen LogP contribution in [-0.4, -0.2) is 6.29 Å². The van der Waals surface area contributed by atoms with Gasteiger partial charge in [-0.2, -0.15) is 0 Å². The van der Waals surface area contributed by atoms with E-state index in [1.165, 1.54) is 5.56 Å². The van der Waals surface area contributed by atoms with Gasteiger partial charge in [-0.3, -0.25) is 4.79 Å². The molecule has 2 aromatic carbocycles. The maximum atomic E-state index is 11.2. The number of ether oxygens (including phenoxy) is 1. The first-order chi connectivity index (χ1) is 10.7. The van der Waals surface area contributed by atoms with E-state index in [4.69, 9.17) is 4.74 Å². The predicted octanol–water partition coefficient (Wildman–Crippen LogP) is 5.12. The van der Waals surface area contributed by atoms with Gasteiger partial charge in [0.25, 0.3) is 0 Å². The van der Waals surface area contributed by atoms with E-state index >= 15 is 0 Å². The van der Waals surface area contributed by atoms with Gasteiger partial charge < -0.3 is 4.74 Å². The first-order valence-electron chi connectivity index (χ1n) is 7.07. The lowest BCUT2D eigenvalue weighted by Crippen LogP contribution is -1.96. The fraction of sp³-hybridized carbons (Fsp3) is 0.105. The zero-order valence-corrected chi connectivity index (χ0v) is 13.1. The fourth-order valence-corrected chi connectivity index (χ4v) is 3.13. The third-order valence-electron chi connectivity index (χ3n) is 3.33. The minimum atomic E-state index is 0.492. The van der Waals surface area contributed by atoms with Crippen molar-refractivity contribution in [3.05, 3.63) is 76.7 Å². The third kappa shape index (κ3) is 3.43. The molecule has 0 unspecified atom stereocenters. The standard InChI is InChI=1S/C19H16O2S/c1-14-7-19(22-13-14)17-8-16(11-20)9-18(10-17)21-12-15-5-3-2-4-6-15/h2-11,13H,12H2,1H3. The molecule has 3 rings (SSSR count). The summed E-state index contributed by atoms with van der Waals surface area (Å²) in [7, 11) is 0. The first-order valence-corrected chi connectivity index (χ1v) is 7.95. The van der Waals surface area contributed by atoms with E-state index in [1.807, 2.05) is 42.5 Å². The van der Waals surface area contributed by atoms with Crippen LogP contribution >= 0.6 is 11.3 Å². The molecule has 0 atom stereocenters. The zero-order valence-electron chi connectivity index (χ0n) is 12.3. The van der Waals surface area contributed by atoms with Crippen LogP contribution in [0.1, 0.15) is 21.5 Å². The van der Waals surface area contributed by atoms with E-state index in [9.17, 15) is 4.79 Å². The summed E-state index contributed by atoms with van der Waals surface area (Å²) in [6, 6.07) is 17.8. The van der Waals surface area contributed by atoms with Crippen molar-refractivity contribution in [2.75, 3.05) is 0 Å². The van der Waals surface area contributed by atoms with Gasteiger partial charge in [0.1, 0.15) is 18.6 Å². The number of hydrogen-bond donors (Lipinski definition) is 0. The van der Waals surface area contributed by atoms with Gasteiger partial charge in [-0.05, 0) is 53.3 Å². The van der Waals surface area contributed by atoms with Crippen molar-refractivity contribution in [1.82, 2.24) is 0 Å². The summed E-state index contributed by atoms with van der Waals surface area (Å²) < 4.78 is 5.85. The Morgan fingerprint density at radius 3 is 2.59 bits per heavy atom. The Morgan fingerprint density at radius 2 is 1.91 bits per heavy atom. The Labute approximate surface area is 134 Å². The van der Waals surface area contributed by atoms with E-state index in [0.29, 0.717) is 12.2 Å². The largest absolute Gasteiger partial charge is 0.489 e. The van der Waals surface area contributed by atoms with Crippen molar-refractivity contribution in [3.8, 4) is 16.2 Å². The van der Waals surface area contributed by atoms with Crippen LogP contribution in [0.25, 0.3) is 10.4 Å². The molecule has 1 heterocycles. The number of aldehydes is 1. The minimum Gasteiger partial charge on any atom is -0.489 e. The predicted molar refractivity (Wildman–Crippen MR) is 90.7 cm³/mol. The van der Waals surface area contributed by atoms with Crippen molar-refractivity contribution >= 4 is 17.6 Å². The molecule has 3 aromatic rings. The quantitative estimate of drug-likeness (QED) is 0.612. The van der Waals surface area contributed by atoms with Crippen LogP contribution < -0.4 is 4.74 Å². The molecule has 2 nitrogen and oxygen atoms in total. The zero-order chi connectivity index (χ0) is 15.4. The number of thiophene rings is 1. The van der Waals surface area contributed by atoms with Crippen molar-refractivity contribution in [2.45, 2.75) is 13.5 Å². The molecule has 1 aromatic heterocycles. The molecule has 0 aliphatic carbocycles.